The first-order valence-electron chi connectivity index (χ1n) is 3.24. The van der Waals surface area contributed by atoms with E-state index in [1.807, 2.05) is 0 Å². The second-order valence-electron chi connectivity index (χ2n) is 2.48. The average Bonchev–Trinajstić information content (AvgIpc) is 1.92. The zero-order chi connectivity index (χ0) is 9.35. The minimum absolute atomic E-state index is 0. The van der Waals surface area contributed by atoms with Gasteiger partial charge in [0.2, 0.25) is 0 Å². The van der Waals surface area contributed by atoms with Crippen LogP contribution in [0.3, 0.4) is 0 Å². The van der Waals surface area contributed by atoms with Gasteiger partial charge in [0.15, 0.2) is 0 Å². The van der Waals surface area contributed by atoms with E-state index in [0.717, 1.165) is 6.07 Å². The summed E-state index contributed by atoms with van der Waals surface area (Å²) in [5.74, 6) is 0. The molecule has 0 saturated heterocycles. The van der Waals surface area contributed by atoms with Crippen LogP contribution in [0, 0.1) is 0 Å². The Hall–Kier alpha value is -0.715. The molecule has 0 aliphatic heterocycles. The predicted octanol–water partition coefficient (Wildman–Crippen LogP) is -0.0322. The van der Waals surface area contributed by atoms with Crippen LogP contribution in [0.15, 0.2) is 18.2 Å². The molecule has 1 rings (SSSR count). The Labute approximate surface area is 84.7 Å². The lowest BCUT2D eigenvalue weighted by molar-refractivity contribution is -0.137. The molecule has 0 fully saturated rings. The summed E-state index contributed by atoms with van der Waals surface area (Å²) in [4.78, 5) is 0. The third kappa shape index (κ3) is 3.57. The van der Waals surface area contributed by atoms with Gasteiger partial charge in [0.25, 0.3) is 0 Å². The highest BCUT2D eigenvalue weighted by Gasteiger charge is 2.32. The Balaban J connectivity index is 0. The largest absolute Gasteiger partial charge is 0.417 e. The normalized spacial score (nSPS) is 10.0. The van der Waals surface area contributed by atoms with E-state index in [1.54, 1.807) is 7.85 Å². The molecule has 0 bridgehead atoms. The fourth-order valence-corrected chi connectivity index (χ4v) is 1.08. The van der Waals surface area contributed by atoms with E-state index < -0.39 is 11.7 Å². The Morgan fingerprint density at radius 1 is 1.14 bits per heavy atom. The van der Waals surface area contributed by atoms with Crippen molar-refractivity contribution in [1.29, 1.82) is 0 Å². The SMILES string of the molecule is Bc1ccc(Cl)c(C(F)(F)F)c1.O.O. The molecule has 80 valence electrons. The fourth-order valence-electron chi connectivity index (χ4n) is 0.856. The molecule has 0 aromatic heterocycles. The van der Waals surface area contributed by atoms with Crippen LogP contribution < -0.4 is 5.46 Å². The van der Waals surface area contributed by atoms with E-state index in [9.17, 15) is 13.2 Å². The molecule has 1 aromatic carbocycles. The van der Waals surface area contributed by atoms with E-state index in [0.29, 0.717) is 5.46 Å². The highest BCUT2D eigenvalue weighted by molar-refractivity contribution is 6.34. The van der Waals surface area contributed by atoms with Crippen molar-refractivity contribution in [3.05, 3.63) is 28.8 Å². The summed E-state index contributed by atoms with van der Waals surface area (Å²) in [5, 5.41) is -0.256. The summed E-state index contributed by atoms with van der Waals surface area (Å²) in [6.07, 6.45) is -4.36. The molecule has 4 N–H and O–H groups in total. The van der Waals surface area contributed by atoms with Gasteiger partial charge in [0.1, 0.15) is 7.85 Å². The fraction of sp³-hybridized carbons (Fsp3) is 0.143. The number of hydrogen-bond donors (Lipinski definition) is 0. The molecule has 0 aliphatic carbocycles. The van der Waals surface area contributed by atoms with Gasteiger partial charge < -0.3 is 11.0 Å². The molecule has 0 atom stereocenters. The number of rotatable bonds is 0. The van der Waals surface area contributed by atoms with Gasteiger partial charge in [0.05, 0.1) is 10.6 Å². The van der Waals surface area contributed by atoms with Crippen molar-refractivity contribution >= 4 is 24.9 Å². The zero-order valence-corrected chi connectivity index (χ0v) is 8.00. The number of alkyl halides is 3. The first-order valence-corrected chi connectivity index (χ1v) is 3.62. The van der Waals surface area contributed by atoms with Crippen molar-refractivity contribution in [2.45, 2.75) is 6.18 Å². The van der Waals surface area contributed by atoms with Gasteiger partial charge in [-0.1, -0.05) is 29.2 Å². The molecule has 7 heteroatoms. The molecular weight excluding hydrogens is 219 g/mol. The molecule has 1 aromatic rings. The molecular formula is C7H9BClF3O2. The van der Waals surface area contributed by atoms with Crippen LogP contribution in [0.2, 0.25) is 5.02 Å². The second kappa shape index (κ2) is 5.24. The van der Waals surface area contributed by atoms with E-state index in [-0.39, 0.29) is 16.0 Å². The van der Waals surface area contributed by atoms with Crippen LogP contribution in [-0.2, 0) is 6.18 Å². The van der Waals surface area contributed by atoms with E-state index in [1.165, 1.54) is 12.1 Å². The molecule has 0 radical (unpaired) electrons. The maximum absolute atomic E-state index is 12.1. The van der Waals surface area contributed by atoms with Crippen LogP contribution in [0.4, 0.5) is 13.2 Å². The van der Waals surface area contributed by atoms with Crippen LogP contribution in [0.1, 0.15) is 5.56 Å². The summed E-state index contributed by atoms with van der Waals surface area (Å²) in [7, 11) is 1.59. The van der Waals surface area contributed by atoms with Gasteiger partial charge in [-0.25, -0.2) is 0 Å². The maximum Gasteiger partial charge on any atom is 0.417 e. The van der Waals surface area contributed by atoms with Crippen molar-refractivity contribution < 1.29 is 24.1 Å². The van der Waals surface area contributed by atoms with Crippen molar-refractivity contribution in [1.82, 2.24) is 0 Å². The summed E-state index contributed by atoms with van der Waals surface area (Å²) in [5.41, 5.74) is -0.226. The molecule has 0 spiro atoms. The van der Waals surface area contributed by atoms with Crippen molar-refractivity contribution in [2.75, 3.05) is 0 Å². The quantitative estimate of drug-likeness (QED) is 0.560. The van der Waals surface area contributed by atoms with Crippen LogP contribution in [-0.4, -0.2) is 18.8 Å². The van der Waals surface area contributed by atoms with Gasteiger partial charge >= 0.3 is 6.18 Å². The Morgan fingerprint density at radius 3 is 2.00 bits per heavy atom. The first kappa shape index (κ1) is 15.7. The molecule has 14 heavy (non-hydrogen) atoms. The van der Waals surface area contributed by atoms with Crippen molar-refractivity contribution in [3.63, 3.8) is 0 Å². The number of hydrogen-bond acceptors (Lipinski definition) is 0. The number of benzene rings is 1. The molecule has 0 aliphatic rings. The summed E-state index contributed by atoms with van der Waals surface area (Å²) >= 11 is 5.36. The standard InChI is InChI=1S/C7H5BClF3.2H2O/c8-4-1-2-6(9)5(3-4)7(10,11)12;;/h1-3H,8H2;2*1H2. The highest BCUT2D eigenvalue weighted by atomic mass is 35.5. The van der Waals surface area contributed by atoms with E-state index in [4.69, 9.17) is 11.6 Å². The monoisotopic (exact) mass is 228 g/mol. The van der Waals surface area contributed by atoms with Crippen molar-refractivity contribution in [2.24, 2.45) is 0 Å². The van der Waals surface area contributed by atoms with Crippen LogP contribution >= 0.6 is 11.6 Å². The van der Waals surface area contributed by atoms with Gasteiger partial charge in [-0.05, 0) is 6.07 Å². The second-order valence-corrected chi connectivity index (χ2v) is 2.89. The van der Waals surface area contributed by atoms with E-state index >= 15 is 0 Å². The molecule has 0 unspecified atom stereocenters. The third-order valence-corrected chi connectivity index (χ3v) is 1.76. The molecule has 2 nitrogen and oxygen atoms in total. The Kier molecular flexibility index (Phi) is 5.89. The lowest BCUT2D eigenvalue weighted by Crippen LogP contribution is -2.11. The minimum atomic E-state index is -4.36. The summed E-state index contributed by atoms with van der Waals surface area (Å²) in [6.45, 7) is 0. The zero-order valence-electron chi connectivity index (χ0n) is 7.24. The summed E-state index contributed by atoms with van der Waals surface area (Å²) < 4.78 is 36.4. The highest BCUT2D eigenvalue weighted by Crippen LogP contribution is 2.33. The lowest BCUT2D eigenvalue weighted by Gasteiger charge is -2.08. The molecule has 0 amide bonds. The topological polar surface area (TPSA) is 63.0 Å². The van der Waals surface area contributed by atoms with Gasteiger partial charge in [-0.2, -0.15) is 13.2 Å². The van der Waals surface area contributed by atoms with Gasteiger partial charge in [0, 0.05) is 0 Å². The van der Waals surface area contributed by atoms with Crippen LogP contribution in [0.5, 0.6) is 0 Å². The van der Waals surface area contributed by atoms with Crippen LogP contribution in [0.25, 0.3) is 0 Å². The van der Waals surface area contributed by atoms with E-state index in [2.05, 4.69) is 0 Å². The van der Waals surface area contributed by atoms with Gasteiger partial charge in [-0.15, -0.1) is 0 Å². The van der Waals surface area contributed by atoms with Gasteiger partial charge in [-0.3, -0.25) is 0 Å². The first-order chi connectivity index (χ1) is 5.41. The maximum atomic E-state index is 12.1. The summed E-state index contributed by atoms with van der Waals surface area (Å²) in [6, 6.07) is 3.82. The van der Waals surface area contributed by atoms with Crippen molar-refractivity contribution in [3.8, 4) is 0 Å². The smallest absolute Gasteiger partial charge is 0.412 e. The Morgan fingerprint density at radius 2 is 1.64 bits per heavy atom. The minimum Gasteiger partial charge on any atom is -0.412 e. The lowest BCUT2D eigenvalue weighted by atomic mass is 9.94. The predicted molar refractivity (Wildman–Crippen MR) is 51.9 cm³/mol. The molecule has 0 saturated carbocycles. The number of halogens is 4. The Bertz CT molecular complexity index is 303. The molecule has 0 heterocycles. The third-order valence-electron chi connectivity index (χ3n) is 1.43. The average molecular weight is 228 g/mol.